The van der Waals surface area contributed by atoms with Crippen molar-refractivity contribution < 1.29 is 13.7 Å². The summed E-state index contributed by atoms with van der Waals surface area (Å²) in [6.45, 7) is 3.69. The molecule has 2 aromatic heterocycles. The molecule has 0 spiro atoms. The van der Waals surface area contributed by atoms with E-state index in [2.05, 4.69) is 22.0 Å². The van der Waals surface area contributed by atoms with Crippen LogP contribution < -0.4 is 5.73 Å². The predicted molar refractivity (Wildman–Crippen MR) is 73.3 cm³/mol. The predicted octanol–water partition coefficient (Wildman–Crippen LogP) is 1.66. The summed E-state index contributed by atoms with van der Waals surface area (Å²) in [5, 5.41) is 3.61. The standard InChI is InChI=1S/C14H18N4O3/c1-2-9-5-6-10(20-9)8-18-7-3-4-11(18)14-16-13(12(15)19)17-21-14/h5-6,11H,2-4,7-8H2,1H3,(H2,15,19)/t11-/m1/s1. The van der Waals surface area contributed by atoms with Crippen LogP contribution in [0.3, 0.4) is 0 Å². The molecule has 1 fully saturated rings. The molecule has 0 aromatic carbocycles. The largest absolute Gasteiger partial charge is 0.465 e. The molecule has 7 nitrogen and oxygen atoms in total. The van der Waals surface area contributed by atoms with Gasteiger partial charge in [-0.15, -0.1) is 0 Å². The van der Waals surface area contributed by atoms with Crippen molar-refractivity contribution in [2.45, 2.75) is 38.8 Å². The number of primary amides is 1. The Kier molecular flexibility index (Phi) is 3.74. The van der Waals surface area contributed by atoms with E-state index < -0.39 is 5.91 Å². The molecule has 112 valence electrons. The number of nitrogens with two attached hydrogens (primary N) is 1. The van der Waals surface area contributed by atoms with Gasteiger partial charge in [0.2, 0.25) is 5.89 Å². The number of carbonyl (C=O) groups excluding carboxylic acids is 1. The first-order chi connectivity index (χ1) is 10.2. The maximum atomic E-state index is 11.0. The molecule has 21 heavy (non-hydrogen) atoms. The van der Waals surface area contributed by atoms with Crippen LogP contribution >= 0.6 is 0 Å². The molecule has 1 atom stereocenters. The number of likely N-dealkylation sites (tertiary alicyclic amines) is 1. The van der Waals surface area contributed by atoms with E-state index in [0.29, 0.717) is 12.4 Å². The van der Waals surface area contributed by atoms with Gasteiger partial charge < -0.3 is 14.7 Å². The van der Waals surface area contributed by atoms with Gasteiger partial charge in [0, 0.05) is 6.42 Å². The van der Waals surface area contributed by atoms with Crippen LogP contribution in [0.5, 0.6) is 0 Å². The monoisotopic (exact) mass is 290 g/mol. The molecule has 3 heterocycles. The summed E-state index contributed by atoms with van der Waals surface area (Å²) in [5.74, 6) is 1.61. The third-order valence-corrected chi connectivity index (χ3v) is 3.74. The van der Waals surface area contributed by atoms with Gasteiger partial charge in [0.05, 0.1) is 12.6 Å². The summed E-state index contributed by atoms with van der Waals surface area (Å²) < 4.78 is 10.9. The topological polar surface area (TPSA) is 98.4 Å². The molecular formula is C14H18N4O3. The van der Waals surface area contributed by atoms with Gasteiger partial charge in [-0.25, -0.2) is 0 Å². The molecule has 3 rings (SSSR count). The van der Waals surface area contributed by atoms with Crippen molar-refractivity contribution in [1.29, 1.82) is 0 Å². The van der Waals surface area contributed by atoms with Gasteiger partial charge in [0.1, 0.15) is 11.5 Å². The number of hydrogen-bond donors (Lipinski definition) is 1. The number of aryl methyl sites for hydroxylation is 1. The van der Waals surface area contributed by atoms with Gasteiger partial charge in [0.25, 0.3) is 11.7 Å². The van der Waals surface area contributed by atoms with Crippen molar-refractivity contribution in [1.82, 2.24) is 15.0 Å². The maximum absolute atomic E-state index is 11.0. The highest BCUT2D eigenvalue weighted by Gasteiger charge is 2.31. The van der Waals surface area contributed by atoms with Crippen molar-refractivity contribution in [3.8, 4) is 0 Å². The first kappa shape index (κ1) is 13.8. The summed E-state index contributed by atoms with van der Waals surface area (Å²) in [6, 6.07) is 4.01. The van der Waals surface area contributed by atoms with E-state index in [1.54, 1.807) is 0 Å². The number of rotatable bonds is 5. The number of furan rings is 1. The molecule has 1 aliphatic heterocycles. The van der Waals surface area contributed by atoms with Gasteiger partial charge >= 0.3 is 0 Å². The highest BCUT2D eigenvalue weighted by Crippen LogP contribution is 2.32. The molecule has 1 amide bonds. The number of nitrogens with zero attached hydrogens (tertiary/aromatic N) is 3. The summed E-state index contributed by atoms with van der Waals surface area (Å²) in [5.41, 5.74) is 5.15. The highest BCUT2D eigenvalue weighted by atomic mass is 16.5. The molecule has 0 radical (unpaired) electrons. The molecule has 7 heteroatoms. The van der Waals surface area contributed by atoms with E-state index in [9.17, 15) is 4.79 Å². The lowest BCUT2D eigenvalue weighted by molar-refractivity contribution is 0.0987. The van der Waals surface area contributed by atoms with E-state index in [4.69, 9.17) is 14.7 Å². The fraction of sp³-hybridized carbons (Fsp3) is 0.500. The zero-order valence-electron chi connectivity index (χ0n) is 11.9. The van der Waals surface area contributed by atoms with Crippen molar-refractivity contribution >= 4 is 5.91 Å². The molecule has 1 saturated heterocycles. The highest BCUT2D eigenvalue weighted by molar-refractivity contribution is 5.88. The number of aromatic nitrogens is 2. The van der Waals surface area contributed by atoms with E-state index >= 15 is 0 Å². The average Bonchev–Trinajstić information content (AvgIpc) is 3.18. The lowest BCUT2D eigenvalue weighted by Crippen LogP contribution is -2.23. The second-order valence-corrected chi connectivity index (χ2v) is 5.17. The minimum absolute atomic E-state index is 0.0146. The Balaban J connectivity index is 1.73. The Morgan fingerprint density at radius 1 is 1.48 bits per heavy atom. The molecule has 2 aromatic rings. The van der Waals surface area contributed by atoms with E-state index in [1.807, 2.05) is 12.1 Å². The smallest absolute Gasteiger partial charge is 0.290 e. The molecule has 0 bridgehead atoms. The second kappa shape index (κ2) is 5.69. The van der Waals surface area contributed by atoms with Gasteiger partial charge in [-0.2, -0.15) is 4.98 Å². The van der Waals surface area contributed by atoms with Crippen LogP contribution in [-0.2, 0) is 13.0 Å². The minimum atomic E-state index is -0.673. The van der Waals surface area contributed by atoms with Crippen LogP contribution in [0.1, 0.15) is 53.8 Å². The fourth-order valence-corrected chi connectivity index (χ4v) is 2.66. The molecule has 1 aliphatic rings. The van der Waals surface area contributed by atoms with Crippen molar-refractivity contribution in [3.63, 3.8) is 0 Å². The quantitative estimate of drug-likeness (QED) is 0.899. The number of hydrogen-bond acceptors (Lipinski definition) is 6. The molecule has 0 aliphatic carbocycles. The van der Waals surface area contributed by atoms with E-state index in [0.717, 1.165) is 37.3 Å². The summed E-state index contributed by atoms with van der Waals surface area (Å²) in [7, 11) is 0. The number of carbonyl (C=O) groups is 1. The molecular weight excluding hydrogens is 272 g/mol. The average molecular weight is 290 g/mol. The SMILES string of the molecule is CCc1ccc(CN2CCC[C@@H]2c2nc(C(N)=O)no2)o1. The Bertz CT molecular complexity index is 634. The summed E-state index contributed by atoms with van der Waals surface area (Å²) >= 11 is 0. The van der Waals surface area contributed by atoms with E-state index in [-0.39, 0.29) is 11.9 Å². The van der Waals surface area contributed by atoms with Crippen LogP contribution in [0.2, 0.25) is 0 Å². The van der Waals surface area contributed by atoms with Crippen LogP contribution in [0, 0.1) is 0 Å². The molecule has 0 saturated carbocycles. The van der Waals surface area contributed by atoms with Crippen LogP contribution in [0.4, 0.5) is 0 Å². The summed E-state index contributed by atoms with van der Waals surface area (Å²) in [6.07, 6.45) is 2.84. The number of amides is 1. The van der Waals surface area contributed by atoms with Crippen molar-refractivity contribution in [3.05, 3.63) is 35.4 Å². The Labute approximate surface area is 122 Å². The van der Waals surface area contributed by atoms with Crippen LogP contribution in [0.15, 0.2) is 21.1 Å². The normalized spacial score (nSPS) is 19.2. The lowest BCUT2D eigenvalue weighted by atomic mass is 10.2. The lowest BCUT2D eigenvalue weighted by Gasteiger charge is -2.19. The van der Waals surface area contributed by atoms with E-state index in [1.165, 1.54) is 0 Å². The van der Waals surface area contributed by atoms with Gasteiger partial charge in [0.15, 0.2) is 0 Å². The maximum Gasteiger partial charge on any atom is 0.290 e. The van der Waals surface area contributed by atoms with Crippen molar-refractivity contribution in [2.24, 2.45) is 5.73 Å². The Hall–Kier alpha value is -2.15. The zero-order valence-corrected chi connectivity index (χ0v) is 11.9. The van der Waals surface area contributed by atoms with Gasteiger partial charge in [-0.05, 0) is 31.5 Å². The van der Waals surface area contributed by atoms with Gasteiger partial charge in [-0.1, -0.05) is 12.1 Å². The third-order valence-electron chi connectivity index (χ3n) is 3.74. The minimum Gasteiger partial charge on any atom is -0.465 e. The first-order valence-corrected chi connectivity index (χ1v) is 7.12. The van der Waals surface area contributed by atoms with Gasteiger partial charge in [-0.3, -0.25) is 9.69 Å². The molecule has 2 N–H and O–H groups in total. The zero-order chi connectivity index (χ0) is 14.8. The van der Waals surface area contributed by atoms with Crippen LogP contribution in [-0.4, -0.2) is 27.5 Å². The second-order valence-electron chi connectivity index (χ2n) is 5.17. The summed E-state index contributed by atoms with van der Waals surface area (Å²) in [4.78, 5) is 17.3. The first-order valence-electron chi connectivity index (χ1n) is 7.12. The van der Waals surface area contributed by atoms with Crippen molar-refractivity contribution in [2.75, 3.05) is 6.54 Å². The van der Waals surface area contributed by atoms with Crippen LogP contribution in [0.25, 0.3) is 0 Å². The fourth-order valence-electron chi connectivity index (χ4n) is 2.66. The molecule has 0 unspecified atom stereocenters. The third kappa shape index (κ3) is 2.82. The Morgan fingerprint density at radius 2 is 2.29 bits per heavy atom. The Morgan fingerprint density at radius 3 is 2.95 bits per heavy atom.